The fraction of sp³-hybridized carbons (Fsp3) is 0.500. The zero-order chi connectivity index (χ0) is 18.1. The van der Waals surface area contributed by atoms with Gasteiger partial charge in [0.05, 0.1) is 28.4 Å². The van der Waals surface area contributed by atoms with E-state index in [0.717, 1.165) is 24.5 Å². The van der Waals surface area contributed by atoms with Gasteiger partial charge in [-0.2, -0.15) is 13.2 Å². The zero-order valence-corrected chi connectivity index (χ0v) is 14.3. The Hall–Kier alpha value is -1.32. The summed E-state index contributed by atoms with van der Waals surface area (Å²) in [4.78, 5) is 12.3. The van der Waals surface area contributed by atoms with E-state index in [1.807, 2.05) is 0 Å². The largest absolute Gasteiger partial charge is 0.416 e. The summed E-state index contributed by atoms with van der Waals surface area (Å²) in [6.45, 7) is 0.328. The van der Waals surface area contributed by atoms with Crippen molar-refractivity contribution >= 4 is 33.2 Å². The highest BCUT2D eigenvalue weighted by Crippen LogP contribution is 2.34. The summed E-state index contributed by atoms with van der Waals surface area (Å²) < 4.78 is 62.6. The predicted molar refractivity (Wildman–Crippen MR) is 84.2 cm³/mol. The first-order valence-electron chi connectivity index (χ1n) is 7.11. The lowest BCUT2D eigenvalue weighted by Gasteiger charge is -2.30. The van der Waals surface area contributed by atoms with Gasteiger partial charge in [0.25, 0.3) is 0 Å². The molecule has 0 bridgehead atoms. The molecule has 1 heterocycles. The molecular weight excluding hydrogens is 369 g/mol. The molecule has 1 aliphatic heterocycles. The van der Waals surface area contributed by atoms with Gasteiger partial charge in [-0.3, -0.25) is 4.79 Å². The molecule has 10 heteroatoms. The second kappa shape index (κ2) is 6.89. The summed E-state index contributed by atoms with van der Waals surface area (Å²) in [5, 5.41) is 2.35. The number of carbonyl (C=O) groups is 1. The maximum atomic E-state index is 12.7. The Morgan fingerprint density at radius 2 is 2.04 bits per heavy atom. The van der Waals surface area contributed by atoms with E-state index in [1.54, 1.807) is 0 Å². The van der Waals surface area contributed by atoms with E-state index in [4.69, 9.17) is 11.6 Å². The van der Waals surface area contributed by atoms with Crippen molar-refractivity contribution < 1.29 is 26.4 Å². The Labute approximate surface area is 142 Å². The van der Waals surface area contributed by atoms with E-state index in [0.29, 0.717) is 19.4 Å². The SMILES string of the molecule is CS(=O)(=O)N1CCC[C@@H](C(=O)Nc2cc(C(F)(F)F)ccc2Cl)C1. The van der Waals surface area contributed by atoms with Crippen LogP contribution in [0.25, 0.3) is 0 Å². The van der Waals surface area contributed by atoms with Crippen LogP contribution in [0.2, 0.25) is 5.02 Å². The van der Waals surface area contributed by atoms with Crippen LogP contribution in [-0.4, -0.2) is 38.0 Å². The van der Waals surface area contributed by atoms with Gasteiger partial charge in [0.15, 0.2) is 0 Å². The predicted octanol–water partition coefficient (Wildman–Crippen LogP) is 2.97. The third-order valence-electron chi connectivity index (χ3n) is 3.78. The van der Waals surface area contributed by atoms with Gasteiger partial charge in [-0.25, -0.2) is 12.7 Å². The summed E-state index contributed by atoms with van der Waals surface area (Å²) in [7, 11) is -3.42. The Kier molecular flexibility index (Phi) is 5.46. The number of halogens is 4. The average Bonchev–Trinajstić information content (AvgIpc) is 2.47. The molecule has 0 spiro atoms. The van der Waals surface area contributed by atoms with Crippen LogP contribution in [0.1, 0.15) is 18.4 Å². The van der Waals surface area contributed by atoms with Crippen LogP contribution in [0.4, 0.5) is 18.9 Å². The molecule has 24 heavy (non-hydrogen) atoms. The second-order valence-corrected chi connectivity index (χ2v) is 8.03. The summed E-state index contributed by atoms with van der Waals surface area (Å²) in [6.07, 6.45) is -2.55. The van der Waals surface area contributed by atoms with Gasteiger partial charge in [-0.05, 0) is 31.0 Å². The maximum absolute atomic E-state index is 12.7. The number of nitrogens with zero attached hydrogens (tertiary/aromatic N) is 1. The second-order valence-electron chi connectivity index (χ2n) is 5.64. The van der Waals surface area contributed by atoms with E-state index in [-0.39, 0.29) is 17.3 Å². The molecule has 1 aliphatic rings. The smallest absolute Gasteiger partial charge is 0.324 e. The molecule has 1 saturated heterocycles. The minimum Gasteiger partial charge on any atom is -0.324 e. The zero-order valence-electron chi connectivity index (χ0n) is 12.7. The molecule has 1 fully saturated rings. The number of benzene rings is 1. The Bertz CT molecular complexity index is 737. The van der Waals surface area contributed by atoms with Gasteiger partial charge in [-0.15, -0.1) is 0 Å². The molecule has 2 rings (SSSR count). The Morgan fingerprint density at radius 1 is 1.38 bits per heavy atom. The lowest BCUT2D eigenvalue weighted by molar-refractivity contribution is -0.137. The molecule has 134 valence electrons. The number of amides is 1. The molecule has 0 aliphatic carbocycles. The lowest BCUT2D eigenvalue weighted by atomic mass is 9.98. The van der Waals surface area contributed by atoms with Crippen LogP contribution >= 0.6 is 11.6 Å². The minimum atomic E-state index is -4.55. The van der Waals surface area contributed by atoms with Gasteiger partial charge in [0.1, 0.15) is 0 Å². The van der Waals surface area contributed by atoms with Crippen LogP contribution in [0.15, 0.2) is 18.2 Å². The number of piperidine rings is 1. The first-order chi connectivity index (χ1) is 11.0. The third kappa shape index (κ3) is 4.61. The number of sulfonamides is 1. The van der Waals surface area contributed by atoms with Crippen LogP contribution in [-0.2, 0) is 21.0 Å². The molecule has 1 atom stereocenters. The molecule has 0 aromatic heterocycles. The molecule has 5 nitrogen and oxygen atoms in total. The lowest BCUT2D eigenvalue weighted by Crippen LogP contribution is -2.43. The van der Waals surface area contributed by atoms with Crippen molar-refractivity contribution in [1.82, 2.24) is 4.31 Å². The summed E-state index contributed by atoms with van der Waals surface area (Å²) >= 11 is 5.84. The van der Waals surface area contributed by atoms with Crippen molar-refractivity contribution in [2.24, 2.45) is 5.92 Å². The summed E-state index contributed by atoms with van der Waals surface area (Å²) in [5.41, 5.74) is -1.07. The first kappa shape index (κ1) is 19.0. The van der Waals surface area contributed by atoms with Crippen molar-refractivity contribution in [3.05, 3.63) is 28.8 Å². The standard InChI is InChI=1S/C14H16ClF3N2O3S/c1-24(22,23)20-6-2-3-9(8-20)13(21)19-12-7-10(14(16,17)18)4-5-11(12)15/h4-5,7,9H,2-3,6,8H2,1H3,(H,19,21)/t9-/m1/s1. The van der Waals surface area contributed by atoms with Crippen LogP contribution in [0.3, 0.4) is 0 Å². The number of carbonyl (C=O) groups excluding carboxylic acids is 1. The molecule has 1 N–H and O–H groups in total. The van der Waals surface area contributed by atoms with Gasteiger partial charge in [0, 0.05) is 13.1 Å². The normalized spacial score (nSPS) is 20.0. The van der Waals surface area contributed by atoms with Crippen molar-refractivity contribution in [2.75, 3.05) is 24.7 Å². The molecule has 0 saturated carbocycles. The fourth-order valence-electron chi connectivity index (χ4n) is 2.49. The Balaban J connectivity index is 2.15. The number of hydrogen-bond acceptors (Lipinski definition) is 3. The van der Waals surface area contributed by atoms with E-state index in [1.165, 1.54) is 4.31 Å². The van der Waals surface area contributed by atoms with Crippen LogP contribution in [0, 0.1) is 5.92 Å². The number of nitrogens with one attached hydrogen (secondary N) is 1. The van der Waals surface area contributed by atoms with E-state index < -0.39 is 33.6 Å². The highest BCUT2D eigenvalue weighted by molar-refractivity contribution is 7.88. The number of alkyl halides is 3. The topological polar surface area (TPSA) is 66.5 Å². The van der Waals surface area contributed by atoms with Crippen molar-refractivity contribution in [1.29, 1.82) is 0 Å². The molecule has 1 aromatic rings. The van der Waals surface area contributed by atoms with Gasteiger partial charge in [0.2, 0.25) is 15.9 Å². The van der Waals surface area contributed by atoms with E-state index in [9.17, 15) is 26.4 Å². The molecule has 0 radical (unpaired) electrons. The van der Waals surface area contributed by atoms with Crippen LogP contribution in [0.5, 0.6) is 0 Å². The first-order valence-corrected chi connectivity index (χ1v) is 9.34. The van der Waals surface area contributed by atoms with E-state index in [2.05, 4.69) is 5.32 Å². The molecule has 1 aromatic carbocycles. The molecule has 1 amide bonds. The van der Waals surface area contributed by atoms with Crippen molar-refractivity contribution in [3.8, 4) is 0 Å². The molecular formula is C14H16ClF3N2O3S. The van der Waals surface area contributed by atoms with Gasteiger partial charge < -0.3 is 5.32 Å². The maximum Gasteiger partial charge on any atom is 0.416 e. The van der Waals surface area contributed by atoms with Gasteiger partial charge >= 0.3 is 6.18 Å². The minimum absolute atomic E-state index is 0.00124. The number of hydrogen-bond donors (Lipinski definition) is 1. The average molecular weight is 385 g/mol. The highest BCUT2D eigenvalue weighted by Gasteiger charge is 2.33. The van der Waals surface area contributed by atoms with E-state index >= 15 is 0 Å². The summed E-state index contributed by atoms with van der Waals surface area (Å²) in [6, 6.07) is 2.64. The quantitative estimate of drug-likeness (QED) is 0.871. The van der Waals surface area contributed by atoms with Crippen molar-refractivity contribution in [2.45, 2.75) is 19.0 Å². The van der Waals surface area contributed by atoms with Crippen molar-refractivity contribution in [3.63, 3.8) is 0 Å². The Morgan fingerprint density at radius 3 is 2.62 bits per heavy atom. The number of rotatable bonds is 3. The van der Waals surface area contributed by atoms with Crippen LogP contribution < -0.4 is 5.32 Å². The molecule has 0 unspecified atom stereocenters. The highest BCUT2D eigenvalue weighted by atomic mass is 35.5. The monoisotopic (exact) mass is 384 g/mol. The fourth-order valence-corrected chi connectivity index (χ4v) is 3.57. The summed E-state index contributed by atoms with van der Waals surface area (Å²) in [5.74, 6) is -1.19. The third-order valence-corrected chi connectivity index (χ3v) is 5.37. The number of anilines is 1. The van der Waals surface area contributed by atoms with Gasteiger partial charge in [-0.1, -0.05) is 11.6 Å².